The van der Waals surface area contributed by atoms with Gasteiger partial charge >= 0.3 is 0 Å². The monoisotopic (exact) mass is 350 g/mol. The Morgan fingerprint density at radius 2 is 2.09 bits per heavy atom. The van der Waals surface area contributed by atoms with Gasteiger partial charge in [-0.3, -0.25) is 4.79 Å². The minimum absolute atomic E-state index is 0.0632. The number of H-pyrrole nitrogens is 1. The zero-order valence-corrected chi connectivity index (χ0v) is 14.7. The van der Waals surface area contributed by atoms with Crippen LogP contribution in [0.25, 0.3) is 0 Å². The van der Waals surface area contributed by atoms with Crippen LogP contribution in [0.15, 0.2) is 18.2 Å². The Kier molecular flexibility index (Phi) is 4.68. The Morgan fingerprint density at radius 3 is 2.78 bits per heavy atom. The van der Waals surface area contributed by atoms with Crippen LogP contribution in [0.4, 0.5) is 0 Å². The van der Waals surface area contributed by atoms with Crippen molar-refractivity contribution in [1.82, 2.24) is 9.88 Å². The molecule has 0 aliphatic carbocycles. The number of aryl methyl sites for hydroxylation is 1. The fraction of sp³-hybridized carbons (Fsp3) is 0.375. The lowest BCUT2D eigenvalue weighted by Gasteiger charge is -2.21. The van der Waals surface area contributed by atoms with Crippen LogP contribution in [-0.4, -0.2) is 36.1 Å². The van der Waals surface area contributed by atoms with Gasteiger partial charge in [-0.1, -0.05) is 6.07 Å². The molecule has 0 bridgehead atoms. The predicted molar refractivity (Wildman–Crippen MR) is 91.9 cm³/mol. The van der Waals surface area contributed by atoms with Crippen LogP contribution in [0.2, 0.25) is 0 Å². The lowest BCUT2D eigenvalue weighted by atomic mass is 10.1. The van der Waals surface area contributed by atoms with Crippen LogP contribution in [0.1, 0.15) is 16.1 Å². The molecule has 5 nitrogen and oxygen atoms in total. The van der Waals surface area contributed by atoms with Crippen LogP contribution in [0, 0.1) is 10.9 Å². The number of carbonyl (C=O) groups excluding carboxylic acids is 1. The van der Waals surface area contributed by atoms with E-state index in [1.807, 2.05) is 25.1 Å². The van der Waals surface area contributed by atoms with Crippen molar-refractivity contribution in [2.75, 3.05) is 20.3 Å². The lowest BCUT2D eigenvalue weighted by Crippen LogP contribution is -2.27. The highest BCUT2D eigenvalue weighted by Crippen LogP contribution is 2.31. The fourth-order valence-electron chi connectivity index (χ4n) is 2.43. The van der Waals surface area contributed by atoms with E-state index in [4.69, 9.17) is 21.7 Å². The van der Waals surface area contributed by atoms with Gasteiger partial charge in [0.05, 0.1) is 6.42 Å². The topological polar surface area (TPSA) is 54.6 Å². The second-order valence-electron chi connectivity index (χ2n) is 5.47. The first-order valence-electron chi connectivity index (χ1n) is 7.34. The van der Waals surface area contributed by atoms with Gasteiger partial charge in [-0.25, -0.2) is 0 Å². The molecular weight excluding hydrogens is 332 g/mol. The number of hydrogen-bond donors (Lipinski definition) is 1. The Bertz CT molecular complexity index is 782. The number of benzene rings is 1. The van der Waals surface area contributed by atoms with Crippen molar-refractivity contribution in [3.05, 3.63) is 38.3 Å². The van der Waals surface area contributed by atoms with Crippen molar-refractivity contribution in [1.29, 1.82) is 0 Å². The number of aromatic nitrogens is 1. The SMILES string of the molecule is Cc1[nH]c(=S)sc1CC(=O)N(C)Cc1ccc2c(c1)OCCO2. The smallest absolute Gasteiger partial charge is 0.227 e. The summed E-state index contributed by atoms with van der Waals surface area (Å²) in [4.78, 5) is 18.2. The van der Waals surface area contributed by atoms with E-state index in [0.29, 0.717) is 30.1 Å². The fourth-order valence-corrected chi connectivity index (χ4v) is 3.71. The molecule has 2 heterocycles. The summed E-state index contributed by atoms with van der Waals surface area (Å²) in [5, 5.41) is 0. The van der Waals surface area contributed by atoms with E-state index in [-0.39, 0.29) is 5.91 Å². The Morgan fingerprint density at radius 1 is 1.35 bits per heavy atom. The highest BCUT2D eigenvalue weighted by molar-refractivity contribution is 7.73. The average Bonchev–Trinajstić information content (AvgIpc) is 2.84. The van der Waals surface area contributed by atoms with E-state index in [1.165, 1.54) is 11.3 Å². The number of amides is 1. The van der Waals surface area contributed by atoms with Crippen molar-refractivity contribution in [2.24, 2.45) is 0 Å². The summed E-state index contributed by atoms with van der Waals surface area (Å²) in [5.41, 5.74) is 1.99. The third-order valence-electron chi connectivity index (χ3n) is 3.69. The quantitative estimate of drug-likeness (QED) is 0.861. The van der Waals surface area contributed by atoms with Crippen molar-refractivity contribution in [3.63, 3.8) is 0 Å². The predicted octanol–water partition coefficient (Wildman–Crippen LogP) is 3.09. The van der Waals surface area contributed by atoms with Gasteiger partial charge in [0.25, 0.3) is 0 Å². The normalized spacial score (nSPS) is 13.0. The number of rotatable bonds is 4. The molecule has 0 fully saturated rings. The molecule has 0 spiro atoms. The van der Waals surface area contributed by atoms with Crippen molar-refractivity contribution in [2.45, 2.75) is 19.9 Å². The number of likely N-dealkylation sites (N-methyl/N-ethyl adjacent to an activating group) is 1. The third kappa shape index (κ3) is 3.73. The first kappa shape index (κ1) is 16.0. The summed E-state index contributed by atoms with van der Waals surface area (Å²) in [6, 6.07) is 5.79. The second kappa shape index (κ2) is 6.72. The van der Waals surface area contributed by atoms with E-state index < -0.39 is 0 Å². The summed E-state index contributed by atoms with van der Waals surface area (Å²) in [6.45, 7) is 3.61. The van der Waals surface area contributed by atoms with Crippen LogP contribution < -0.4 is 9.47 Å². The lowest BCUT2D eigenvalue weighted by molar-refractivity contribution is -0.129. The number of ether oxygens (including phenoxy) is 2. The number of hydrogen-bond acceptors (Lipinski definition) is 5. The first-order chi connectivity index (χ1) is 11.0. The van der Waals surface area contributed by atoms with Gasteiger partial charge in [0.15, 0.2) is 15.5 Å². The second-order valence-corrected chi connectivity index (χ2v) is 7.24. The van der Waals surface area contributed by atoms with E-state index in [0.717, 1.165) is 27.6 Å². The van der Waals surface area contributed by atoms with Crippen molar-refractivity contribution in [3.8, 4) is 11.5 Å². The summed E-state index contributed by atoms with van der Waals surface area (Å²) in [7, 11) is 1.81. The molecule has 122 valence electrons. The summed E-state index contributed by atoms with van der Waals surface area (Å²) in [6.07, 6.45) is 0.366. The van der Waals surface area contributed by atoms with E-state index >= 15 is 0 Å². The Hall–Kier alpha value is -1.86. The number of thiazole rings is 1. The molecule has 1 aliphatic rings. The molecular formula is C16H18N2O3S2. The average molecular weight is 350 g/mol. The van der Waals surface area contributed by atoms with E-state index in [9.17, 15) is 4.79 Å². The highest BCUT2D eigenvalue weighted by Gasteiger charge is 2.16. The molecule has 2 aromatic rings. The maximum absolute atomic E-state index is 12.4. The van der Waals surface area contributed by atoms with Gasteiger partial charge in [-0.05, 0) is 36.8 Å². The molecule has 1 N–H and O–H groups in total. The van der Waals surface area contributed by atoms with Crippen molar-refractivity contribution >= 4 is 29.5 Å². The van der Waals surface area contributed by atoms with Crippen molar-refractivity contribution < 1.29 is 14.3 Å². The number of carbonyl (C=O) groups is 1. The van der Waals surface area contributed by atoms with Crippen LogP contribution in [0.3, 0.4) is 0 Å². The summed E-state index contributed by atoms with van der Waals surface area (Å²) >= 11 is 6.57. The standard InChI is InChI=1S/C16H18N2O3S2/c1-10-14(23-16(22)17-10)8-15(19)18(2)9-11-3-4-12-13(7-11)21-6-5-20-12/h3-4,7H,5-6,8-9H2,1-2H3,(H,17,22). The molecule has 0 saturated heterocycles. The molecule has 0 atom stereocenters. The molecule has 7 heteroatoms. The molecule has 0 unspecified atom stereocenters. The molecule has 1 aliphatic heterocycles. The number of nitrogens with one attached hydrogen (secondary N) is 1. The maximum atomic E-state index is 12.4. The zero-order valence-electron chi connectivity index (χ0n) is 13.0. The summed E-state index contributed by atoms with van der Waals surface area (Å²) < 4.78 is 11.8. The summed E-state index contributed by atoms with van der Waals surface area (Å²) in [5.74, 6) is 1.57. The van der Waals surface area contributed by atoms with Gasteiger partial charge in [0.1, 0.15) is 13.2 Å². The minimum Gasteiger partial charge on any atom is -0.486 e. The van der Waals surface area contributed by atoms with Gasteiger partial charge in [-0.15, -0.1) is 11.3 Å². The number of nitrogens with zero attached hydrogens (tertiary/aromatic N) is 1. The minimum atomic E-state index is 0.0632. The Balaban J connectivity index is 1.66. The Labute approximate surface area is 143 Å². The molecule has 23 heavy (non-hydrogen) atoms. The molecule has 1 aromatic carbocycles. The van der Waals surface area contributed by atoms with Crippen LogP contribution in [0.5, 0.6) is 11.5 Å². The van der Waals surface area contributed by atoms with Gasteiger partial charge < -0.3 is 19.4 Å². The number of aromatic amines is 1. The van der Waals surface area contributed by atoms with Crippen LogP contribution in [-0.2, 0) is 17.8 Å². The molecule has 1 amide bonds. The first-order valence-corrected chi connectivity index (χ1v) is 8.56. The van der Waals surface area contributed by atoms with Gasteiger partial charge in [0.2, 0.25) is 5.91 Å². The third-order valence-corrected chi connectivity index (χ3v) is 5.02. The zero-order chi connectivity index (χ0) is 16.4. The maximum Gasteiger partial charge on any atom is 0.227 e. The molecule has 1 aromatic heterocycles. The molecule has 0 saturated carbocycles. The van der Waals surface area contributed by atoms with E-state index in [2.05, 4.69) is 4.98 Å². The van der Waals surface area contributed by atoms with Gasteiger partial charge in [0, 0.05) is 24.2 Å². The van der Waals surface area contributed by atoms with Crippen LogP contribution >= 0.6 is 23.6 Å². The largest absolute Gasteiger partial charge is 0.486 e. The number of fused-ring (bicyclic) bond motifs is 1. The molecule has 0 radical (unpaired) electrons. The highest BCUT2D eigenvalue weighted by atomic mass is 32.1. The molecule has 3 rings (SSSR count). The van der Waals surface area contributed by atoms with Gasteiger partial charge in [-0.2, -0.15) is 0 Å². The van der Waals surface area contributed by atoms with E-state index in [1.54, 1.807) is 11.9 Å².